The molecule has 2 aromatic carbocycles. The van der Waals surface area contributed by atoms with Gasteiger partial charge in [0.1, 0.15) is 5.82 Å². The quantitative estimate of drug-likeness (QED) is 0.603. The van der Waals surface area contributed by atoms with Crippen molar-refractivity contribution >= 4 is 17.4 Å². The summed E-state index contributed by atoms with van der Waals surface area (Å²) >= 11 is 1.13. The molecule has 1 aliphatic rings. The number of hydrogen-bond acceptors (Lipinski definition) is 6. The lowest BCUT2D eigenvalue weighted by molar-refractivity contribution is 0.0792. The van der Waals surface area contributed by atoms with Crippen molar-refractivity contribution in [2.75, 3.05) is 20.2 Å². The van der Waals surface area contributed by atoms with Crippen LogP contribution in [-0.2, 0) is 6.42 Å². The molecule has 4 rings (SSSR count). The minimum Gasteiger partial charge on any atom is -0.493 e. The summed E-state index contributed by atoms with van der Waals surface area (Å²) in [6, 6.07) is 11.4. The van der Waals surface area contributed by atoms with E-state index < -0.39 is 0 Å². The Hall–Kier alpha value is -3.00. The maximum absolute atomic E-state index is 13.0. The van der Waals surface area contributed by atoms with Gasteiger partial charge in [-0.3, -0.25) is 4.79 Å². The molecule has 150 valence electrons. The van der Waals surface area contributed by atoms with E-state index in [1.54, 1.807) is 30.3 Å². The fourth-order valence-electron chi connectivity index (χ4n) is 3.22. The first-order chi connectivity index (χ1) is 14.1. The number of amides is 1. The highest BCUT2D eigenvalue weighted by Crippen LogP contribution is 2.33. The number of nitrogens with zero attached hydrogens (tertiary/aromatic N) is 3. The molecular weight excluding hydrogens is 393 g/mol. The van der Waals surface area contributed by atoms with Crippen molar-refractivity contribution in [3.05, 3.63) is 65.2 Å². The second kappa shape index (κ2) is 8.57. The lowest BCUT2D eigenvalue weighted by Crippen LogP contribution is -2.27. The molecule has 3 aromatic rings. The largest absolute Gasteiger partial charge is 0.493 e. The van der Waals surface area contributed by atoms with Crippen molar-refractivity contribution < 1.29 is 18.7 Å². The molecule has 0 spiro atoms. The van der Waals surface area contributed by atoms with Crippen LogP contribution in [0.25, 0.3) is 0 Å². The Labute approximate surface area is 172 Å². The maximum Gasteiger partial charge on any atom is 0.298 e. The topological polar surface area (TPSA) is 64.5 Å². The van der Waals surface area contributed by atoms with E-state index in [4.69, 9.17) is 9.47 Å². The first kappa shape index (κ1) is 19.3. The van der Waals surface area contributed by atoms with Crippen molar-refractivity contribution in [1.29, 1.82) is 0 Å². The number of likely N-dealkylation sites (tertiary alicyclic amines) is 1. The standard InChI is InChI=1S/C21H20FN3O3S/c1-27-18-13-15(20(26)25-10-2-3-11-25)6-9-17(18)28-21-23-19(24-29-21)12-14-4-7-16(22)8-5-14/h4-9,13H,2-3,10-12H2,1H3. The lowest BCUT2D eigenvalue weighted by Gasteiger charge is -2.16. The van der Waals surface area contributed by atoms with Gasteiger partial charge in [0.2, 0.25) is 0 Å². The van der Waals surface area contributed by atoms with Crippen LogP contribution in [0.15, 0.2) is 42.5 Å². The first-order valence-electron chi connectivity index (χ1n) is 9.34. The number of benzene rings is 2. The second-order valence-electron chi connectivity index (χ2n) is 6.75. The summed E-state index contributed by atoms with van der Waals surface area (Å²) in [6.07, 6.45) is 2.57. The molecule has 1 fully saturated rings. The zero-order valence-corrected chi connectivity index (χ0v) is 16.7. The zero-order chi connectivity index (χ0) is 20.2. The van der Waals surface area contributed by atoms with Crippen molar-refractivity contribution in [2.45, 2.75) is 19.3 Å². The molecule has 0 atom stereocenters. The number of ether oxygens (including phenoxy) is 2. The molecule has 2 heterocycles. The third kappa shape index (κ3) is 4.54. The minimum atomic E-state index is -0.275. The van der Waals surface area contributed by atoms with Crippen molar-refractivity contribution in [3.8, 4) is 16.7 Å². The summed E-state index contributed by atoms with van der Waals surface area (Å²) in [6.45, 7) is 1.59. The molecule has 0 aliphatic carbocycles. The third-order valence-corrected chi connectivity index (χ3v) is 5.36. The van der Waals surface area contributed by atoms with Crippen LogP contribution >= 0.6 is 11.5 Å². The second-order valence-corrected chi connectivity index (χ2v) is 7.46. The minimum absolute atomic E-state index is 0.00449. The Kier molecular flexibility index (Phi) is 5.71. The fourth-order valence-corrected chi connectivity index (χ4v) is 3.78. The van der Waals surface area contributed by atoms with E-state index in [1.165, 1.54) is 19.2 Å². The van der Waals surface area contributed by atoms with Gasteiger partial charge in [-0.25, -0.2) is 4.39 Å². The highest BCUT2D eigenvalue weighted by molar-refractivity contribution is 7.07. The molecule has 0 saturated carbocycles. The average Bonchev–Trinajstić information content (AvgIpc) is 3.42. The summed E-state index contributed by atoms with van der Waals surface area (Å²) < 4.78 is 28.6. The predicted molar refractivity (Wildman–Crippen MR) is 107 cm³/mol. The molecule has 6 nitrogen and oxygen atoms in total. The van der Waals surface area contributed by atoms with Crippen molar-refractivity contribution in [3.63, 3.8) is 0 Å². The summed E-state index contributed by atoms with van der Waals surface area (Å²) in [5.74, 6) is 1.25. The van der Waals surface area contributed by atoms with Crippen LogP contribution < -0.4 is 9.47 Å². The fraction of sp³-hybridized carbons (Fsp3) is 0.286. The molecule has 0 N–H and O–H groups in total. The number of rotatable bonds is 6. The van der Waals surface area contributed by atoms with Crippen LogP contribution in [0.3, 0.4) is 0 Å². The van der Waals surface area contributed by atoms with Crippen molar-refractivity contribution in [1.82, 2.24) is 14.3 Å². The van der Waals surface area contributed by atoms with Gasteiger partial charge in [-0.05, 0) is 48.7 Å². The Morgan fingerprint density at radius 2 is 1.90 bits per heavy atom. The summed E-state index contributed by atoms with van der Waals surface area (Å²) in [5.41, 5.74) is 1.49. The van der Waals surface area contributed by atoms with Gasteiger partial charge in [0.05, 0.1) is 7.11 Å². The van der Waals surface area contributed by atoms with Gasteiger partial charge >= 0.3 is 0 Å². The van der Waals surface area contributed by atoms with Gasteiger partial charge in [-0.1, -0.05) is 12.1 Å². The summed E-state index contributed by atoms with van der Waals surface area (Å²) in [4.78, 5) is 18.8. The van der Waals surface area contributed by atoms with Gasteiger partial charge in [-0.15, -0.1) is 0 Å². The van der Waals surface area contributed by atoms with Crippen LogP contribution in [0, 0.1) is 5.82 Å². The highest BCUT2D eigenvalue weighted by atomic mass is 32.1. The molecule has 29 heavy (non-hydrogen) atoms. The SMILES string of the molecule is COc1cc(C(=O)N2CCCC2)ccc1Oc1nc(Cc2ccc(F)cc2)ns1. The Bertz CT molecular complexity index is 1000. The third-order valence-electron chi connectivity index (χ3n) is 4.73. The van der Waals surface area contributed by atoms with E-state index in [0.717, 1.165) is 43.0 Å². The van der Waals surface area contributed by atoms with Crippen LogP contribution in [0.4, 0.5) is 4.39 Å². The molecular formula is C21H20FN3O3S. The van der Waals surface area contributed by atoms with E-state index >= 15 is 0 Å². The average molecular weight is 413 g/mol. The van der Waals surface area contributed by atoms with Gasteiger partial charge in [-0.2, -0.15) is 9.36 Å². The normalized spacial score (nSPS) is 13.5. The monoisotopic (exact) mass is 413 g/mol. The van der Waals surface area contributed by atoms with Gasteiger partial charge < -0.3 is 14.4 Å². The van der Waals surface area contributed by atoms with E-state index in [2.05, 4.69) is 9.36 Å². The maximum atomic E-state index is 13.0. The van der Waals surface area contributed by atoms with Crippen LogP contribution in [-0.4, -0.2) is 40.4 Å². The Morgan fingerprint density at radius 3 is 2.62 bits per heavy atom. The number of hydrogen-bond donors (Lipinski definition) is 0. The van der Waals surface area contributed by atoms with Gasteiger partial charge in [0, 0.05) is 36.6 Å². The smallest absolute Gasteiger partial charge is 0.298 e. The van der Waals surface area contributed by atoms with E-state index in [-0.39, 0.29) is 11.7 Å². The number of carbonyl (C=O) groups excluding carboxylic acids is 1. The summed E-state index contributed by atoms with van der Waals surface area (Å²) in [5, 5.41) is 0.374. The first-order valence-corrected chi connectivity index (χ1v) is 10.1. The number of methoxy groups -OCH3 is 1. The molecule has 1 saturated heterocycles. The van der Waals surface area contributed by atoms with Crippen LogP contribution in [0.1, 0.15) is 34.6 Å². The van der Waals surface area contributed by atoms with Gasteiger partial charge in [0.25, 0.3) is 11.1 Å². The number of aromatic nitrogens is 2. The summed E-state index contributed by atoms with van der Waals surface area (Å²) in [7, 11) is 1.53. The lowest BCUT2D eigenvalue weighted by atomic mass is 10.1. The van der Waals surface area contributed by atoms with E-state index in [9.17, 15) is 9.18 Å². The van der Waals surface area contributed by atoms with Crippen LogP contribution in [0.5, 0.6) is 16.7 Å². The Morgan fingerprint density at radius 1 is 1.14 bits per heavy atom. The van der Waals surface area contributed by atoms with Crippen LogP contribution in [0.2, 0.25) is 0 Å². The molecule has 1 amide bonds. The molecule has 1 aliphatic heterocycles. The van der Waals surface area contributed by atoms with Gasteiger partial charge in [0.15, 0.2) is 17.3 Å². The number of carbonyl (C=O) groups is 1. The van der Waals surface area contributed by atoms with E-state index in [1.807, 2.05) is 4.90 Å². The van der Waals surface area contributed by atoms with E-state index in [0.29, 0.717) is 34.5 Å². The predicted octanol–water partition coefficient (Wildman–Crippen LogP) is 4.30. The highest BCUT2D eigenvalue weighted by Gasteiger charge is 2.21. The molecule has 0 radical (unpaired) electrons. The number of halogens is 1. The van der Waals surface area contributed by atoms with Crippen molar-refractivity contribution in [2.24, 2.45) is 0 Å². The molecule has 0 unspecified atom stereocenters. The zero-order valence-electron chi connectivity index (χ0n) is 15.9. The Balaban J connectivity index is 1.46. The molecule has 0 bridgehead atoms. The molecule has 1 aromatic heterocycles. The molecule has 8 heteroatoms.